The smallest absolute Gasteiger partial charge is 0.410 e. The van der Waals surface area contributed by atoms with Gasteiger partial charge in [0.05, 0.1) is 7.11 Å². The molecule has 0 saturated carbocycles. The minimum Gasteiger partial charge on any atom is -0.453 e. The third-order valence-corrected chi connectivity index (χ3v) is 4.02. The van der Waals surface area contributed by atoms with Crippen LogP contribution < -0.4 is 5.32 Å². The number of methoxy groups -OCH3 is 1. The molecule has 130 valence electrons. The van der Waals surface area contributed by atoms with Crippen molar-refractivity contribution in [1.29, 1.82) is 0 Å². The molecule has 2 amide bonds. The van der Waals surface area contributed by atoms with E-state index in [1.54, 1.807) is 19.1 Å². The molecule has 2 heterocycles. The minimum atomic E-state index is -1.02. The van der Waals surface area contributed by atoms with Gasteiger partial charge < -0.3 is 4.74 Å². The molecule has 1 aliphatic rings. The predicted octanol–water partition coefficient (Wildman–Crippen LogP) is 2.23. The Hall–Kier alpha value is -3.03. The first-order valence-electron chi connectivity index (χ1n) is 7.73. The molecule has 0 spiro atoms. The molecule has 7 nitrogen and oxygen atoms in total. The lowest BCUT2D eigenvalue weighted by molar-refractivity contribution is -0.121. The number of fused-ring (bicyclic) bond motifs is 1. The zero-order chi connectivity index (χ0) is 18.0. The Morgan fingerprint density at radius 3 is 2.88 bits per heavy atom. The highest BCUT2D eigenvalue weighted by molar-refractivity contribution is 5.96. The van der Waals surface area contributed by atoms with Crippen LogP contribution in [0.2, 0.25) is 0 Å². The van der Waals surface area contributed by atoms with Gasteiger partial charge in [0.1, 0.15) is 11.9 Å². The van der Waals surface area contributed by atoms with Crippen molar-refractivity contribution in [3.05, 3.63) is 53.1 Å². The van der Waals surface area contributed by atoms with Gasteiger partial charge in [0.25, 0.3) is 5.91 Å². The van der Waals surface area contributed by atoms with Gasteiger partial charge in [-0.1, -0.05) is 6.07 Å². The second-order valence-electron chi connectivity index (χ2n) is 5.67. The normalized spacial score (nSPS) is 16.1. The largest absolute Gasteiger partial charge is 0.453 e. The summed E-state index contributed by atoms with van der Waals surface area (Å²) in [5, 5.41) is 2.59. The van der Waals surface area contributed by atoms with E-state index in [0.717, 1.165) is 5.56 Å². The summed E-state index contributed by atoms with van der Waals surface area (Å²) < 4.78 is 18.5. The van der Waals surface area contributed by atoms with Crippen molar-refractivity contribution in [2.24, 2.45) is 0 Å². The van der Waals surface area contributed by atoms with Gasteiger partial charge in [-0.25, -0.2) is 19.2 Å². The number of ether oxygens (including phenoxy) is 1. The Kier molecular flexibility index (Phi) is 4.60. The van der Waals surface area contributed by atoms with Gasteiger partial charge in [-0.15, -0.1) is 0 Å². The van der Waals surface area contributed by atoms with Crippen molar-refractivity contribution in [2.45, 2.75) is 19.4 Å². The van der Waals surface area contributed by atoms with E-state index in [4.69, 9.17) is 4.74 Å². The number of rotatable bonds is 2. The molecule has 0 saturated heterocycles. The van der Waals surface area contributed by atoms with Crippen molar-refractivity contribution >= 4 is 17.9 Å². The van der Waals surface area contributed by atoms with Gasteiger partial charge in [-0.05, 0) is 42.7 Å². The Labute approximate surface area is 143 Å². The lowest BCUT2D eigenvalue weighted by Gasteiger charge is -2.35. The molecule has 0 fully saturated rings. The zero-order valence-corrected chi connectivity index (χ0v) is 13.8. The van der Waals surface area contributed by atoms with E-state index in [0.29, 0.717) is 17.7 Å². The molecule has 0 radical (unpaired) electrons. The number of anilines is 1. The number of aryl methyl sites for hydroxylation is 1. The molecule has 0 bridgehead atoms. The van der Waals surface area contributed by atoms with Crippen molar-refractivity contribution in [3.8, 4) is 0 Å². The van der Waals surface area contributed by atoms with Crippen LogP contribution in [-0.4, -0.2) is 40.5 Å². The lowest BCUT2D eigenvalue weighted by Crippen LogP contribution is -2.45. The summed E-state index contributed by atoms with van der Waals surface area (Å²) >= 11 is 0. The highest BCUT2D eigenvalue weighted by atomic mass is 19.1. The van der Waals surface area contributed by atoms with Crippen LogP contribution in [0.4, 0.5) is 15.1 Å². The fourth-order valence-corrected chi connectivity index (χ4v) is 2.87. The number of halogens is 1. The van der Waals surface area contributed by atoms with Crippen molar-refractivity contribution in [3.63, 3.8) is 0 Å². The van der Waals surface area contributed by atoms with Crippen LogP contribution in [0.25, 0.3) is 0 Å². The summed E-state index contributed by atoms with van der Waals surface area (Å²) in [6.45, 7) is 2.06. The first kappa shape index (κ1) is 16.8. The van der Waals surface area contributed by atoms with Crippen LogP contribution >= 0.6 is 0 Å². The van der Waals surface area contributed by atoms with E-state index in [9.17, 15) is 14.0 Å². The number of hydrogen-bond donors (Lipinski definition) is 1. The number of amides is 2. The van der Waals surface area contributed by atoms with Gasteiger partial charge in [-0.2, -0.15) is 0 Å². The Balaban J connectivity index is 1.97. The molecule has 8 heteroatoms. The highest BCUT2D eigenvalue weighted by Crippen LogP contribution is 2.31. The van der Waals surface area contributed by atoms with Crippen molar-refractivity contribution in [1.82, 2.24) is 14.9 Å². The van der Waals surface area contributed by atoms with Gasteiger partial charge >= 0.3 is 6.09 Å². The number of nitrogens with one attached hydrogen (secondary N) is 1. The van der Waals surface area contributed by atoms with Gasteiger partial charge in [-0.3, -0.25) is 15.0 Å². The summed E-state index contributed by atoms with van der Waals surface area (Å²) in [4.78, 5) is 34.3. The molecule has 25 heavy (non-hydrogen) atoms. The van der Waals surface area contributed by atoms with Crippen LogP contribution in [0.1, 0.15) is 22.9 Å². The third-order valence-electron chi connectivity index (χ3n) is 4.02. The first-order chi connectivity index (χ1) is 12.0. The number of benzene rings is 1. The zero-order valence-electron chi connectivity index (χ0n) is 13.8. The molecule has 1 atom stereocenters. The van der Waals surface area contributed by atoms with E-state index in [1.807, 2.05) is 0 Å². The number of carbonyl (C=O) groups is 2. The number of carbonyl (C=O) groups excluding carboxylic acids is 2. The second kappa shape index (κ2) is 6.84. The Morgan fingerprint density at radius 2 is 2.16 bits per heavy atom. The molecule has 1 aromatic carbocycles. The van der Waals surface area contributed by atoms with E-state index in [2.05, 4.69) is 15.3 Å². The molecule has 3 rings (SSSR count). The number of aromatic nitrogens is 2. The van der Waals surface area contributed by atoms with Crippen LogP contribution in [0.15, 0.2) is 30.5 Å². The Morgan fingerprint density at radius 1 is 1.36 bits per heavy atom. The summed E-state index contributed by atoms with van der Waals surface area (Å²) in [7, 11) is 1.24. The summed E-state index contributed by atoms with van der Waals surface area (Å²) in [5.74, 6) is -0.879. The van der Waals surface area contributed by atoms with Gasteiger partial charge in [0, 0.05) is 18.4 Å². The summed E-state index contributed by atoms with van der Waals surface area (Å²) in [6.07, 6.45) is 1.38. The fraction of sp³-hybridized carbons (Fsp3) is 0.294. The van der Waals surface area contributed by atoms with Crippen LogP contribution in [-0.2, 0) is 16.0 Å². The Bertz CT molecular complexity index is 827. The van der Waals surface area contributed by atoms with Crippen LogP contribution in [0.3, 0.4) is 0 Å². The van der Waals surface area contributed by atoms with Crippen molar-refractivity contribution < 1.29 is 18.7 Å². The molecule has 0 unspecified atom stereocenters. The summed E-state index contributed by atoms with van der Waals surface area (Å²) in [6, 6.07) is 4.91. The van der Waals surface area contributed by atoms with Crippen LogP contribution in [0.5, 0.6) is 0 Å². The third kappa shape index (κ3) is 3.42. The molecule has 2 aromatic rings. The fourth-order valence-electron chi connectivity index (χ4n) is 2.87. The first-order valence-corrected chi connectivity index (χ1v) is 7.73. The second-order valence-corrected chi connectivity index (χ2v) is 5.67. The maximum atomic E-state index is 13.7. The van der Waals surface area contributed by atoms with E-state index < -0.39 is 23.9 Å². The van der Waals surface area contributed by atoms with Crippen molar-refractivity contribution in [2.75, 3.05) is 19.0 Å². The van der Waals surface area contributed by atoms with Crippen LogP contribution in [0, 0.1) is 12.7 Å². The number of nitrogens with zero attached hydrogens (tertiary/aromatic N) is 3. The average Bonchev–Trinajstić information content (AvgIpc) is 2.59. The molecule has 0 aliphatic carbocycles. The van der Waals surface area contributed by atoms with Gasteiger partial charge in [0.15, 0.2) is 0 Å². The van der Waals surface area contributed by atoms with E-state index in [-0.39, 0.29) is 12.5 Å². The average molecular weight is 344 g/mol. The predicted molar refractivity (Wildman–Crippen MR) is 87.4 cm³/mol. The summed E-state index contributed by atoms with van der Waals surface area (Å²) in [5.41, 5.74) is 1.93. The monoisotopic (exact) mass is 344 g/mol. The standard InChI is InChI=1S/C17H17FN4O3/c1-10-5-7-19-16(20-10)21-15(23)14-13-9-12(18)4-3-11(13)6-8-22(14)17(24)25-2/h3-5,7,9,14H,6,8H2,1-2H3,(H,19,20,21,23)/t14-/m0/s1. The molecule has 1 N–H and O–H groups in total. The SMILES string of the molecule is COC(=O)N1CCc2ccc(F)cc2[C@H]1C(=O)Nc1nccc(C)n1. The highest BCUT2D eigenvalue weighted by Gasteiger charge is 2.37. The maximum Gasteiger partial charge on any atom is 0.410 e. The quantitative estimate of drug-likeness (QED) is 0.903. The minimum absolute atomic E-state index is 0.123. The lowest BCUT2D eigenvalue weighted by atomic mass is 9.92. The molecular formula is C17H17FN4O3. The number of hydrogen-bond acceptors (Lipinski definition) is 5. The molecule has 1 aromatic heterocycles. The molecule has 1 aliphatic heterocycles. The molecular weight excluding hydrogens is 327 g/mol. The maximum absolute atomic E-state index is 13.7. The van der Waals surface area contributed by atoms with E-state index >= 15 is 0 Å². The van der Waals surface area contributed by atoms with Gasteiger partial charge in [0.2, 0.25) is 5.95 Å². The van der Waals surface area contributed by atoms with E-state index in [1.165, 1.54) is 30.3 Å². The topological polar surface area (TPSA) is 84.4 Å².